The van der Waals surface area contributed by atoms with E-state index in [1.165, 1.54) is 23.0 Å². The molecule has 3 aromatic carbocycles. The number of rotatable bonds is 5. The molecule has 0 unspecified atom stereocenters. The molecular formula is C27H24N4O. The molecule has 0 atom stereocenters. The Balaban J connectivity index is 1.72. The third-order valence-corrected chi connectivity index (χ3v) is 6.12. The van der Waals surface area contributed by atoms with E-state index in [4.69, 9.17) is 0 Å². The van der Waals surface area contributed by atoms with Gasteiger partial charge in [-0.15, -0.1) is 0 Å². The Kier molecular flexibility index (Phi) is 5.48. The highest BCUT2D eigenvalue weighted by Gasteiger charge is 2.44. The number of Topliss-reactive ketones (excluding diaryl/α,β-unsaturated/α-hetero) is 1. The molecule has 1 aliphatic heterocycles. The number of carbonyl (C=O) groups is 1. The zero-order valence-electron chi connectivity index (χ0n) is 17.7. The number of aromatic nitrogens is 3. The predicted octanol–water partition coefficient (Wildman–Crippen LogP) is 4.46. The second-order valence-electron chi connectivity index (χ2n) is 7.94. The Morgan fingerprint density at radius 1 is 0.812 bits per heavy atom. The average Bonchev–Trinajstić information content (AvgIpc) is 3.37. The summed E-state index contributed by atoms with van der Waals surface area (Å²) in [6.07, 6.45) is 3.74. The highest BCUT2D eigenvalue weighted by Crippen LogP contribution is 2.43. The van der Waals surface area contributed by atoms with E-state index in [0.717, 1.165) is 5.57 Å². The van der Waals surface area contributed by atoms with Crippen molar-refractivity contribution in [2.75, 3.05) is 13.1 Å². The zero-order valence-corrected chi connectivity index (χ0v) is 17.7. The van der Waals surface area contributed by atoms with Crippen LogP contribution in [-0.4, -0.2) is 39.0 Å². The molecule has 0 spiro atoms. The zero-order chi connectivity index (χ0) is 21.8. The van der Waals surface area contributed by atoms with E-state index in [0.29, 0.717) is 25.3 Å². The summed E-state index contributed by atoms with van der Waals surface area (Å²) in [6, 6.07) is 31.7. The van der Waals surface area contributed by atoms with Gasteiger partial charge in [0, 0.05) is 25.1 Å². The fourth-order valence-electron chi connectivity index (χ4n) is 4.72. The van der Waals surface area contributed by atoms with Crippen LogP contribution in [0.25, 0.3) is 6.08 Å². The molecule has 1 fully saturated rings. The van der Waals surface area contributed by atoms with Crippen LogP contribution in [-0.2, 0) is 10.3 Å². The molecule has 158 valence electrons. The number of piperidine rings is 1. The molecule has 0 radical (unpaired) electrons. The van der Waals surface area contributed by atoms with Crippen LogP contribution in [0.5, 0.6) is 0 Å². The van der Waals surface area contributed by atoms with Crippen LogP contribution >= 0.6 is 0 Å². The molecule has 0 aliphatic carbocycles. The van der Waals surface area contributed by atoms with E-state index in [1.807, 2.05) is 24.3 Å². The molecule has 1 aromatic heterocycles. The van der Waals surface area contributed by atoms with Crippen molar-refractivity contribution in [3.63, 3.8) is 0 Å². The van der Waals surface area contributed by atoms with Crippen LogP contribution in [0.4, 0.5) is 0 Å². The molecule has 0 amide bonds. The Morgan fingerprint density at radius 2 is 1.34 bits per heavy atom. The second kappa shape index (κ2) is 8.73. The normalized spacial score (nSPS) is 16.4. The number of nitrogens with zero attached hydrogens (tertiary/aromatic N) is 3. The first kappa shape index (κ1) is 20.1. The highest BCUT2D eigenvalue weighted by atomic mass is 16.1. The standard InChI is InChI=1S/C27H24N4O/c32-25-16-17-31(19-21(25)18-26-28-20-29-30-26)27(22-10-4-1-5-11-22,23-12-6-2-7-13-23)24-14-8-3-9-15-24/h1-15,18,20H,16-17,19H2,(H,28,29,30)/b21-18-. The second-order valence-corrected chi connectivity index (χ2v) is 7.94. The molecular weight excluding hydrogens is 396 g/mol. The molecule has 32 heavy (non-hydrogen) atoms. The predicted molar refractivity (Wildman–Crippen MR) is 125 cm³/mol. The minimum Gasteiger partial charge on any atom is -0.294 e. The number of aromatic amines is 1. The topological polar surface area (TPSA) is 61.9 Å². The Morgan fingerprint density at radius 3 is 1.81 bits per heavy atom. The van der Waals surface area contributed by atoms with E-state index in [2.05, 4.69) is 92.9 Å². The first-order valence-corrected chi connectivity index (χ1v) is 10.8. The maximum atomic E-state index is 12.8. The molecule has 5 nitrogen and oxygen atoms in total. The molecule has 1 N–H and O–H groups in total. The van der Waals surface area contributed by atoms with E-state index < -0.39 is 5.54 Å². The van der Waals surface area contributed by atoms with Crippen LogP contribution in [0.1, 0.15) is 28.9 Å². The van der Waals surface area contributed by atoms with Crippen molar-refractivity contribution in [3.05, 3.63) is 125 Å². The SMILES string of the molecule is O=C1CCN(C(c2ccccc2)(c2ccccc2)c2ccccc2)C/C1=C/c1ncn[nH]1. The molecule has 0 bridgehead atoms. The fourth-order valence-corrected chi connectivity index (χ4v) is 4.72. The monoisotopic (exact) mass is 420 g/mol. The summed E-state index contributed by atoms with van der Waals surface area (Å²) in [5, 5.41) is 6.76. The van der Waals surface area contributed by atoms with E-state index in [-0.39, 0.29) is 5.78 Å². The van der Waals surface area contributed by atoms with Gasteiger partial charge in [-0.25, -0.2) is 4.98 Å². The number of hydrogen-bond donors (Lipinski definition) is 1. The van der Waals surface area contributed by atoms with Crippen molar-refractivity contribution in [2.45, 2.75) is 12.0 Å². The average molecular weight is 421 g/mol. The number of carbonyl (C=O) groups excluding carboxylic acids is 1. The minimum absolute atomic E-state index is 0.153. The molecule has 1 aliphatic rings. The summed E-state index contributed by atoms with van der Waals surface area (Å²) in [5.41, 5.74) is 3.72. The van der Waals surface area contributed by atoms with Gasteiger partial charge < -0.3 is 0 Å². The molecule has 1 saturated heterocycles. The molecule has 5 heteroatoms. The van der Waals surface area contributed by atoms with Gasteiger partial charge in [0.25, 0.3) is 0 Å². The lowest BCUT2D eigenvalue weighted by atomic mass is 9.74. The first-order valence-electron chi connectivity index (χ1n) is 10.8. The molecule has 2 heterocycles. The summed E-state index contributed by atoms with van der Waals surface area (Å²) in [5.74, 6) is 0.751. The van der Waals surface area contributed by atoms with Crippen molar-refractivity contribution in [3.8, 4) is 0 Å². The lowest BCUT2D eigenvalue weighted by molar-refractivity contribution is -0.117. The third-order valence-electron chi connectivity index (χ3n) is 6.12. The van der Waals surface area contributed by atoms with Crippen molar-refractivity contribution in [1.82, 2.24) is 20.1 Å². The Labute approximate surface area is 187 Å². The third kappa shape index (κ3) is 3.57. The van der Waals surface area contributed by atoms with Gasteiger partial charge in [0.15, 0.2) is 5.78 Å². The van der Waals surface area contributed by atoms with Gasteiger partial charge in [0.05, 0.1) is 5.54 Å². The fraction of sp³-hybridized carbons (Fsp3) is 0.148. The molecule has 5 rings (SSSR count). The maximum Gasteiger partial charge on any atom is 0.161 e. The quantitative estimate of drug-likeness (QED) is 0.383. The number of ketones is 1. The van der Waals surface area contributed by atoms with Gasteiger partial charge in [-0.1, -0.05) is 91.0 Å². The van der Waals surface area contributed by atoms with E-state index in [1.54, 1.807) is 0 Å². The largest absolute Gasteiger partial charge is 0.294 e. The lowest BCUT2D eigenvalue weighted by Crippen LogP contribution is -2.52. The number of nitrogens with one attached hydrogen (secondary N) is 1. The maximum absolute atomic E-state index is 12.8. The summed E-state index contributed by atoms with van der Waals surface area (Å²) in [4.78, 5) is 19.5. The van der Waals surface area contributed by atoms with Crippen LogP contribution in [0.15, 0.2) is 103 Å². The van der Waals surface area contributed by atoms with Crippen molar-refractivity contribution in [2.24, 2.45) is 0 Å². The summed E-state index contributed by atoms with van der Waals surface area (Å²) >= 11 is 0. The highest BCUT2D eigenvalue weighted by molar-refractivity contribution is 6.00. The van der Waals surface area contributed by atoms with Crippen LogP contribution < -0.4 is 0 Å². The summed E-state index contributed by atoms with van der Waals surface area (Å²) in [6.45, 7) is 1.17. The van der Waals surface area contributed by atoms with Gasteiger partial charge in [-0.05, 0) is 22.8 Å². The summed E-state index contributed by atoms with van der Waals surface area (Å²) in [7, 11) is 0. The van der Waals surface area contributed by atoms with Crippen molar-refractivity contribution in [1.29, 1.82) is 0 Å². The number of hydrogen-bond acceptors (Lipinski definition) is 4. The number of benzene rings is 3. The van der Waals surface area contributed by atoms with Crippen LogP contribution in [0, 0.1) is 0 Å². The van der Waals surface area contributed by atoms with Gasteiger partial charge in [-0.2, -0.15) is 5.10 Å². The minimum atomic E-state index is -0.537. The molecule has 4 aromatic rings. The lowest BCUT2D eigenvalue weighted by Gasteiger charge is -2.47. The van der Waals surface area contributed by atoms with Crippen LogP contribution in [0.3, 0.4) is 0 Å². The summed E-state index contributed by atoms with van der Waals surface area (Å²) < 4.78 is 0. The Bertz CT molecular complexity index is 1110. The number of likely N-dealkylation sites (tertiary alicyclic amines) is 1. The van der Waals surface area contributed by atoms with E-state index >= 15 is 0 Å². The van der Waals surface area contributed by atoms with Gasteiger partial charge >= 0.3 is 0 Å². The van der Waals surface area contributed by atoms with E-state index in [9.17, 15) is 4.79 Å². The van der Waals surface area contributed by atoms with Crippen LogP contribution in [0.2, 0.25) is 0 Å². The van der Waals surface area contributed by atoms with Gasteiger partial charge in [0.2, 0.25) is 0 Å². The Hall–Kier alpha value is -3.83. The van der Waals surface area contributed by atoms with Crippen molar-refractivity contribution >= 4 is 11.9 Å². The van der Waals surface area contributed by atoms with Gasteiger partial charge in [0.1, 0.15) is 12.2 Å². The van der Waals surface area contributed by atoms with Crippen molar-refractivity contribution < 1.29 is 4.79 Å². The van der Waals surface area contributed by atoms with Gasteiger partial charge in [-0.3, -0.25) is 14.8 Å². The smallest absolute Gasteiger partial charge is 0.161 e. The number of H-pyrrole nitrogens is 1. The first-order chi connectivity index (χ1) is 15.8. The molecule has 0 saturated carbocycles.